The molecule has 0 aromatic carbocycles. The zero-order valence-corrected chi connectivity index (χ0v) is 12.4. The fourth-order valence-electron chi connectivity index (χ4n) is 1.56. The minimum atomic E-state index is -1.24. The van der Waals surface area contributed by atoms with Crippen molar-refractivity contribution < 1.29 is 19.1 Å². The van der Waals surface area contributed by atoms with E-state index in [0.717, 1.165) is 4.90 Å². The van der Waals surface area contributed by atoms with Crippen LogP contribution in [0.25, 0.3) is 0 Å². The molecule has 1 heterocycles. The molecule has 5 nitrogen and oxygen atoms in total. The van der Waals surface area contributed by atoms with E-state index in [1.54, 1.807) is 20.8 Å². The zero-order valence-electron chi connectivity index (χ0n) is 10.8. The molecule has 19 heavy (non-hydrogen) atoms. The summed E-state index contributed by atoms with van der Waals surface area (Å²) in [6, 6.07) is 2.56. The quantitative estimate of drug-likeness (QED) is 0.524. The molecule has 0 saturated heterocycles. The summed E-state index contributed by atoms with van der Waals surface area (Å²) in [6.45, 7) is 4.99. The van der Waals surface area contributed by atoms with E-state index >= 15 is 0 Å². The summed E-state index contributed by atoms with van der Waals surface area (Å²) >= 11 is 2.94. The Morgan fingerprint density at radius 1 is 1.42 bits per heavy atom. The monoisotopic (exact) mass is 332 g/mol. The number of carbonyl (C=O) groups is 2. The number of carboxylic acid groups (broad SMARTS) is 1. The Bertz CT molecular complexity index is 514. The molecular weight excluding hydrogens is 319 g/mol. The lowest BCUT2D eigenvalue weighted by molar-refractivity contribution is 0.101. The maximum Gasteiger partial charge on any atom is 0.413 e. The Labute approximate surface area is 118 Å². The number of halogens is 2. The van der Waals surface area contributed by atoms with Crippen LogP contribution in [-0.2, 0) is 0 Å². The van der Waals surface area contributed by atoms with Gasteiger partial charge < -0.3 is 5.11 Å². The van der Waals surface area contributed by atoms with Gasteiger partial charge in [-0.15, -0.1) is 0 Å². The van der Waals surface area contributed by atoms with Crippen LogP contribution in [0.1, 0.15) is 31.1 Å². The molecule has 0 aliphatic rings. The minimum Gasteiger partial charge on any atom is -0.465 e. The molecular formula is C12H14BrFN2O3. The largest absolute Gasteiger partial charge is 0.465 e. The van der Waals surface area contributed by atoms with E-state index in [2.05, 4.69) is 20.9 Å². The smallest absolute Gasteiger partial charge is 0.413 e. The number of pyridine rings is 1. The molecule has 1 amide bonds. The number of rotatable bonds is 3. The maximum atomic E-state index is 13.7. The van der Waals surface area contributed by atoms with Gasteiger partial charge in [0.1, 0.15) is 5.82 Å². The number of anilines is 1. The van der Waals surface area contributed by atoms with Crippen molar-refractivity contribution in [3.05, 3.63) is 23.6 Å². The van der Waals surface area contributed by atoms with Crippen molar-refractivity contribution in [2.45, 2.75) is 26.3 Å². The predicted octanol–water partition coefficient (Wildman–Crippen LogP) is 3.08. The van der Waals surface area contributed by atoms with E-state index in [4.69, 9.17) is 5.11 Å². The van der Waals surface area contributed by atoms with E-state index in [1.165, 1.54) is 12.1 Å². The van der Waals surface area contributed by atoms with Gasteiger partial charge in [-0.1, -0.05) is 15.9 Å². The number of alkyl halides is 1. The highest BCUT2D eigenvalue weighted by Gasteiger charge is 2.29. The second-order valence-electron chi connectivity index (χ2n) is 4.85. The van der Waals surface area contributed by atoms with Crippen molar-refractivity contribution in [1.82, 2.24) is 4.98 Å². The summed E-state index contributed by atoms with van der Waals surface area (Å²) in [5.74, 6) is -1.48. The molecule has 7 heteroatoms. The van der Waals surface area contributed by atoms with Crippen LogP contribution in [0.4, 0.5) is 15.0 Å². The van der Waals surface area contributed by atoms with E-state index in [1.807, 2.05) is 0 Å². The summed E-state index contributed by atoms with van der Waals surface area (Å²) in [4.78, 5) is 27.1. The molecule has 0 aliphatic carbocycles. The lowest BCUT2D eigenvalue weighted by atomic mass is 10.1. The number of amides is 1. The number of ketones is 1. The molecule has 0 radical (unpaired) electrons. The van der Waals surface area contributed by atoms with Gasteiger partial charge in [0.05, 0.1) is 10.9 Å². The fraction of sp³-hybridized carbons (Fsp3) is 0.417. The molecule has 1 aromatic rings. The van der Waals surface area contributed by atoms with Gasteiger partial charge in [-0.25, -0.2) is 9.78 Å². The normalized spacial score (nSPS) is 11.2. The van der Waals surface area contributed by atoms with E-state index in [-0.39, 0.29) is 16.7 Å². The van der Waals surface area contributed by atoms with Crippen LogP contribution < -0.4 is 4.90 Å². The van der Waals surface area contributed by atoms with Crippen LogP contribution in [0.2, 0.25) is 0 Å². The van der Waals surface area contributed by atoms with Crippen molar-refractivity contribution in [2.75, 3.05) is 10.2 Å². The molecule has 104 valence electrons. The van der Waals surface area contributed by atoms with Crippen molar-refractivity contribution in [2.24, 2.45) is 0 Å². The molecule has 0 spiro atoms. The first-order valence-electron chi connectivity index (χ1n) is 5.47. The minimum absolute atomic E-state index is 0.0210. The van der Waals surface area contributed by atoms with Gasteiger partial charge in [0.2, 0.25) is 5.95 Å². The second kappa shape index (κ2) is 5.64. The topological polar surface area (TPSA) is 70.5 Å². The lowest BCUT2D eigenvalue weighted by Gasteiger charge is -2.32. The van der Waals surface area contributed by atoms with Gasteiger partial charge in [-0.2, -0.15) is 4.39 Å². The molecule has 0 saturated carbocycles. The first kappa shape index (κ1) is 15.6. The average Bonchev–Trinajstić information content (AvgIpc) is 2.25. The van der Waals surface area contributed by atoms with Crippen LogP contribution in [0.3, 0.4) is 0 Å². The number of hydrogen-bond donors (Lipinski definition) is 1. The second-order valence-corrected chi connectivity index (χ2v) is 5.41. The van der Waals surface area contributed by atoms with Crippen LogP contribution in [0.5, 0.6) is 0 Å². The van der Waals surface area contributed by atoms with E-state index in [9.17, 15) is 14.0 Å². The third-order valence-corrected chi connectivity index (χ3v) is 2.86. The Morgan fingerprint density at radius 2 is 2.00 bits per heavy atom. The van der Waals surface area contributed by atoms with Gasteiger partial charge in [0.25, 0.3) is 0 Å². The number of hydrogen-bond acceptors (Lipinski definition) is 3. The Morgan fingerprint density at radius 3 is 2.37 bits per heavy atom. The van der Waals surface area contributed by atoms with Crippen LogP contribution in [-0.4, -0.2) is 32.8 Å². The highest BCUT2D eigenvalue weighted by molar-refractivity contribution is 9.09. The van der Waals surface area contributed by atoms with Crippen LogP contribution >= 0.6 is 15.9 Å². The molecule has 0 unspecified atom stereocenters. The van der Waals surface area contributed by atoms with Crippen molar-refractivity contribution in [3.8, 4) is 0 Å². The first-order valence-corrected chi connectivity index (χ1v) is 6.59. The maximum absolute atomic E-state index is 13.7. The van der Waals surface area contributed by atoms with Crippen LogP contribution in [0, 0.1) is 5.95 Å². The first-order chi connectivity index (χ1) is 8.68. The van der Waals surface area contributed by atoms with Crippen molar-refractivity contribution in [1.29, 1.82) is 0 Å². The predicted molar refractivity (Wildman–Crippen MR) is 72.6 cm³/mol. The SMILES string of the molecule is CC(C)(C)N(C(=O)O)c1ccc(C(=O)CBr)c(F)n1. The van der Waals surface area contributed by atoms with E-state index in [0.29, 0.717) is 0 Å². The van der Waals surface area contributed by atoms with E-state index < -0.39 is 23.4 Å². The Kier molecular flexibility index (Phi) is 4.62. The Balaban J connectivity index is 3.26. The molecule has 1 aromatic heterocycles. The lowest BCUT2D eigenvalue weighted by Crippen LogP contribution is -2.45. The molecule has 1 N–H and O–H groups in total. The van der Waals surface area contributed by atoms with Crippen LogP contribution in [0.15, 0.2) is 12.1 Å². The number of nitrogens with zero attached hydrogens (tertiary/aromatic N) is 2. The fourth-order valence-corrected chi connectivity index (χ4v) is 1.86. The van der Waals surface area contributed by atoms with Crippen molar-refractivity contribution >= 4 is 33.6 Å². The van der Waals surface area contributed by atoms with Gasteiger partial charge in [-0.05, 0) is 32.9 Å². The molecule has 0 aliphatic heterocycles. The Hall–Kier alpha value is -1.50. The van der Waals surface area contributed by atoms with Gasteiger partial charge in [-0.3, -0.25) is 9.69 Å². The van der Waals surface area contributed by atoms with Gasteiger partial charge in [0, 0.05) is 5.54 Å². The third-order valence-electron chi connectivity index (χ3n) is 2.35. The number of aromatic nitrogens is 1. The molecule has 0 atom stereocenters. The van der Waals surface area contributed by atoms with Gasteiger partial charge >= 0.3 is 6.09 Å². The summed E-state index contributed by atoms with van der Waals surface area (Å²) in [5, 5.41) is 9.15. The molecule has 1 rings (SSSR count). The van der Waals surface area contributed by atoms with Crippen molar-refractivity contribution in [3.63, 3.8) is 0 Å². The average molecular weight is 333 g/mol. The molecule has 0 bridgehead atoms. The zero-order chi connectivity index (χ0) is 14.8. The number of Topliss-reactive ketones (excluding diaryl/α,β-unsaturated/α-hetero) is 1. The summed E-state index contributed by atoms with van der Waals surface area (Å²) < 4.78 is 13.7. The van der Waals surface area contributed by atoms with Gasteiger partial charge in [0.15, 0.2) is 5.78 Å². The number of carbonyl (C=O) groups excluding carboxylic acids is 1. The summed E-state index contributed by atoms with van der Waals surface area (Å²) in [7, 11) is 0. The third kappa shape index (κ3) is 3.50. The summed E-state index contributed by atoms with van der Waals surface area (Å²) in [6.07, 6.45) is -1.24. The summed E-state index contributed by atoms with van der Waals surface area (Å²) in [5.41, 5.74) is -0.938. The highest BCUT2D eigenvalue weighted by atomic mass is 79.9. The molecule has 0 fully saturated rings. The highest BCUT2D eigenvalue weighted by Crippen LogP contribution is 2.23. The standard InChI is InChI=1S/C12H14BrFN2O3/c1-12(2,3)16(11(18)19)9-5-4-7(8(17)6-13)10(14)15-9/h4-5H,6H2,1-3H3,(H,18,19).